The van der Waals surface area contributed by atoms with E-state index in [1.165, 1.54) is 22.8 Å². The van der Waals surface area contributed by atoms with Crippen molar-refractivity contribution >= 4 is 27.7 Å². The SMILES string of the molecule is C=CC(=O)N1CC2(CC(n3nc(-c4ccc5nn(CCOCCOC)cc5c4)c(-c4c(C)c(C)cc5[nH]ncc45)c3C)C2)C1. The van der Waals surface area contributed by atoms with Gasteiger partial charge in [0, 0.05) is 59.4 Å². The van der Waals surface area contributed by atoms with Crippen molar-refractivity contribution in [3.63, 3.8) is 0 Å². The van der Waals surface area contributed by atoms with Gasteiger partial charge in [-0.3, -0.25) is 19.3 Å². The molecule has 1 saturated heterocycles. The Morgan fingerprint density at radius 1 is 1.11 bits per heavy atom. The zero-order valence-electron chi connectivity index (χ0n) is 25.9. The maximum absolute atomic E-state index is 12.1. The number of aromatic amines is 1. The minimum atomic E-state index is 0.0234. The van der Waals surface area contributed by atoms with E-state index in [9.17, 15) is 4.79 Å². The molecule has 228 valence electrons. The smallest absolute Gasteiger partial charge is 0.245 e. The Balaban J connectivity index is 1.26. The summed E-state index contributed by atoms with van der Waals surface area (Å²) in [5.41, 5.74) is 10.1. The van der Waals surface area contributed by atoms with Crippen LogP contribution < -0.4 is 0 Å². The van der Waals surface area contributed by atoms with Crippen LogP contribution in [0.25, 0.3) is 44.2 Å². The molecule has 2 aliphatic rings. The molecule has 1 N–H and O–H groups in total. The average molecular weight is 594 g/mol. The van der Waals surface area contributed by atoms with Crippen molar-refractivity contribution in [3.8, 4) is 22.4 Å². The van der Waals surface area contributed by atoms with Gasteiger partial charge < -0.3 is 14.4 Å². The number of aromatic nitrogens is 6. The lowest BCUT2D eigenvalue weighted by Gasteiger charge is -2.58. The van der Waals surface area contributed by atoms with Gasteiger partial charge in [-0.1, -0.05) is 12.6 Å². The first-order valence-electron chi connectivity index (χ1n) is 15.3. The third-order valence-corrected chi connectivity index (χ3v) is 9.61. The molecule has 0 atom stereocenters. The van der Waals surface area contributed by atoms with E-state index in [4.69, 9.17) is 19.7 Å². The van der Waals surface area contributed by atoms with Crippen molar-refractivity contribution in [2.45, 2.75) is 46.2 Å². The lowest BCUT2D eigenvalue weighted by molar-refractivity contribution is -0.149. The fourth-order valence-electron chi connectivity index (χ4n) is 7.19. The number of ether oxygens (including phenoxy) is 2. The summed E-state index contributed by atoms with van der Waals surface area (Å²) in [6, 6.07) is 8.88. The highest BCUT2D eigenvalue weighted by molar-refractivity contribution is 6.02. The van der Waals surface area contributed by atoms with Gasteiger partial charge in [0.25, 0.3) is 0 Å². The molecule has 3 aromatic heterocycles. The second-order valence-corrected chi connectivity index (χ2v) is 12.5. The zero-order chi connectivity index (χ0) is 30.6. The molecule has 1 aliphatic heterocycles. The van der Waals surface area contributed by atoms with Crippen LogP contribution in [0.3, 0.4) is 0 Å². The molecule has 1 aliphatic carbocycles. The van der Waals surface area contributed by atoms with Crippen LogP contribution in [0.2, 0.25) is 0 Å². The highest BCUT2D eigenvalue weighted by atomic mass is 16.5. The van der Waals surface area contributed by atoms with E-state index >= 15 is 0 Å². The summed E-state index contributed by atoms with van der Waals surface area (Å²) in [6.07, 6.45) is 7.45. The van der Waals surface area contributed by atoms with E-state index in [2.05, 4.69) is 72.7 Å². The van der Waals surface area contributed by atoms with E-state index < -0.39 is 0 Å². The van der Waals surface area contributed by atoms with Gasteiger partial charge in [0.2, 0.25) is 5.91 Å². The fourth-order valence-corrected chi connectivity index (χ4v) is 7.19. The number of nitrogens with zero attached hydrogens (tertiary/aromatic N) is 6. The maximum Gasteiger partial charge on any atom is 0.245 e. The van der Waals surface area contributed by atoms with Crippen LogP contribution in [0.5, 0.6) is 0 Å². The number of amides is 1. The van der Waals surface area contributed by atoms with Crippen molar-refractivity contribution in [2.75, 3.05) is 40.0 Å². The first-order chi connectivity index (χ1) is 21.3. The van der Waals surface area contributed by atoms with Gasteiger partial charge in [-0.2, -0.15) is 15.3 Å². The van der Waals surface area contributed by atoms with Gasteiger partial charge in [0.05, 0.1) is 49.6 Å². The van der Waals surface area contributed by atoms with E-state index in [0.29, 0.717) is 26.4 Å². The number of hydrogen-bond acceptors (Lipinski definition) is 6. The van der Waals surface area contributed by atoms with Gasteiger partial charge in [-0.05, 0) is 74.6 Å². The van der Waals surface area contributed by atoms with Crippen LogP contribution in [-0.2, 0) is 20.8 Å². The molecule has 5 aromatic rings. The van der Waals surface area contributed by atoms with Gasteiger partial charge >= 0.3 is 0 Å². The molecule has 1 amide bonds. The van der Waals surface area contributed by atoms with Crippen molar-refractivity contribution in [1.82, 2.24) is 34.7 Å². The molecule has 7 rings (SSSR count). The standard InChI is InChI=1S/C34H39N7O3/c1-6-30(42)39-19-34(20-39)15-26(16-34)41-23(4)32(31-22(3)21(2)13-29-27(31)17-35-36-29)33(38-41)24-7-8-28-25(14-24)18-40(37-28)9-10-44-12-11-43-5/h6-8,13-14,17-18,26H,1,9-12,15-16,19-20H2,2-5H3,(H,35,36). The average Bonchev–Trinajstić information content (AvgIpc) is 3.69. The normalized spacial score (nSPS) is 16.1. The molecule has 10 nitrogen and oxygen atoms in total. The third-order valence-electron chi connectivity index (χ3n) is 9.61. The molecule has 0 bridgehead atoms. The molecular weight excluding hydrogens is 554 g/mol. The first-order valence-corrected chi connectivity index (χ1v) is 15.3. The summed E-state index contributed by atoms with van der Waals surface area (Å²) in [6.45, 7) is 14.2. The van der Waals surface area contributed by atoms with Crippen molar-refractivity contribution in [1.29, 1.82) is 0 Å². The first kappa shape index (κ1) is 28.5. The lowest BCUT2D eigenvalue weighted by atomic mass is 9.60. The van der Waals surface area contributed by atoms with Crippen molar-refractivity contribution in [3.05, 3.63) is 66.1 Å². The van der Waals surface area contributed by atoms with E-state index in [0.717, 1.165) is 70.3 Å². The minimum Gasteiger partial charge on any atom is -0.382 e. The van der Waals surface area contributed by atoms with Gasteiger partial charge in [-0.15, -0.1) is 0 Å². The Bertz CT molecular complexity index is 1880. The number of rotatable bonds is 10. The Kier molecular flexibility index (Phi) is 7.13. The Morgan fingerprint density at radius 3 is 2.70 bits per heavy atom. The molecule has 0 radical (unpaired) electrons. The maximum atomic E-state index is 12.1. The molecule has 2 aromatic carbocycles. The topological polar surface area (TPSA) is 103 Å². The van der Waals surface area contributed by atoms with Crippen molar-refractivity contribution in [2.24, 2.45) is 5.41 Å². The number of aryl methyl sites for hydroxylation is 1. The number of hydrogen-bond donors (Lipinski definition) is 1. The van der Waals surface area contributed by atoms with Crippen LogP contribution in [0.15, 0.2) is 49.3 Å². The zero-order valence-corrected chi connectivity index (χ0v) is 25.9. The van der Waals surface area contributed by atoms with Gasteiger partial charge in [-0.25, -0.2) is 0 Å². The largest absolute Gasteiger partial charge is 0.382 e. The number of carbonyl (C=O) groups excluding carboxylic acids is 1. The third kappa shape index (κ3) is 4.73. The Labute approximate surface area is 256 Å². The molecule has 2 fully saturated rings. The number of likely N-dealkylation sites (tertiary alicyclic amines) is 1. The molecule has 44 heavy (non-hydrogen) atoms. The molecule has 10 heteroatoms. The minimum absolute atomic E-state index is 0.0234. The molecule has 4 heterocycles. The lowest BCUT2D eigenvalue weighted by Crippen LogP contribution is -2.63. The molecule has 1 spiro atoms. The Morgan fingerprint density at radius 2 is 1.93 bits per heavy atom. The van der Waals surface area contributed by atoms with Gasteiger partial charge in [0.15, 0.2) is 0 Å². The predicted molar refractivity (Wildman–Crippen MR) is 170 cm³/mol. The second-order valence-electron chi connectivity index (χ2n) is 12.5. The van der Waals surface area contributed by atoms with Crippen LogP contribution >= 0.6 is 0 Å². The monoisotopic (exact) mass is 593 g/mol. The van der Waals surface area contributed by atoms with E-state index in [-0.39, 0.29) is 17.4 Å². The van der Waals surface area contributed by atoms with Crippen LogP contribution in [-0.4, -0.2) is 80.6 Å². The summed E-state index contributed by atoms with van der Waals surface area (Å²) in [5, 5.41) is 19.9. The number of carbonyl (C=O) groups is 1. The highest BCUT2D eigenvalue weighted by Gasteiger charge is 2.54. The van der Waals surface area contributed by atoms with Crippen LogP contribution in [0.1, 0.15) is 35.7 Å². The van der Waals surface area contributed by atoms with Crippen LogP contribution in [0, 0.1) is 26.2 Å². The van der Waals surface area contributed by atoms with Crippen LogP contribution in [0.4, 0.5) is 0 Å². The summed E-state index contributed by atoms with van der Waals surface area (Å²) in [5.74, 6) is 0.0234. The van der Waals surface area contributed by atoms with Crippen molar-refractivity contribution < 1.29 is 14.3 Å². The fraction of sp³-hybridized carbons (Fsp3) is 0.412. The summed E-state index contributed by atoms with van der Waals surface area (Å²) >= 11 is 0. The number of methoxy groups -OCH3 is 1. The number of fused-ring (bicyclic) bond motifs is 2. The molecule has 0 unspecified atom stereocenters. The predicted octanol–water partition coefficient (Wildman–Crippen LogP) is 5.38. The second kappa shape index (κ2) is 11.0. The number of benzene rings is 2. The number of nitrogens with one attached hydrogen (secondary N) is 1. The molecule has 1 saturated carbocycles. The molecular formula is C34H39N7O3. The van der Waals surface area contributed by atoms with E-state index in [1.54, 1.807) is 7.11 Å². The quantitative estimate of drug-likeness (QED) is 0.172. The highest BCUT2D eigenvalue weighted by Crippen LogP contribution is 2.55. The summed E-state index contributed by atoms with van der Waals surface area (Å²) in [7, 11) is 1.67. The van der Waals surface area contributed by atoms with Gasteiger partial charge in [0.1, 0.15) is 5.69 Å². The summed E-state index contributed by atoms with van der Waals surface area (Å²) < 4.78 is 14.9. The number of H-pyrrole nitrogens is 1. The van der Waals surface area contributed by atoms with E-state index in [1.807, 2.05) is 15.8 Å². The Hall–Kier alpha value is -4.28. The summed E-state index contributed by atoms with van der Waals surface area (Å²) in [4.78, 5) is 14.0.